The van der Waals surface area contributed by atoms with E-state index in [4.69, 9.17) is 4.74 Å². The van der Waals surface area contributed by atoms with Gasteiger partial charge in [0.15, 0.2) is 0 Å². The van der Waals surface area contributed by atoms with Crippen LogP contribution in [0.2, 0.25) is 0 Å². The van der Waals surface area contributed by atoms with Gasteiger partial charge in [-0.25, -0.2) is 0 Å². The number of nitrogens with zero attached hydrogens (tertiary/aromatic N) is 3. The van der Waals surface area contributed by atoms with Gasteiger partial charge in [0.25, 0.3) is 0 Å². The van der Waals surface area contributed by atoms with Crippen LogP contribution in [0.3, 0.4) is 0 Å². The Kier molecular flexibility index (Phi) is 8.31. The number of carbonyl (C=O) groups is 2. The molecule has 2 saturated heterocycles. The number of hydrogen-bond donors (Lipinski definition) is 1. The molecule has 1 N–H and O–H groups in total. The third-order valence-corrected chi connectivity index (χ3v) is 6.52. The molecule has 2 aliphatic rings. The molecule has 3 atom stereocenters. The average Bonchev–Trinajstić information content (AvgIpc) is 2.70. The van der Waals surface area contributed by atoms with Crippen molar-refractivity contribution < 1.29 is 14.3 Å². The Hall–Kier alpha value is -1.96. The summed E-state index contributed by atoms with van der Waals surface area (Å²) < 4.78 is 5.87. The summed E-state index contributed by atoms with van der Waals surface area (Å²) in [5.41, 5.74) is 3.04. The van der Waals surface area contributed by atoms with Gasteiger partial charge >= 0.3 is 0 Å². The number of anilines is 1. The summed E-state index contributed by atoms with van der Waals surface area (Å²) in [6.07, 6.45) is 0.278. The lowest BCUT2D eigenvalue weighted by Crippen LogP contribution is -2.60. The Morgan fingerprint density at radius 2 is 1.59 bits per heavy atom. The zero-order chi connectivity index (χ0) is 23.4. The molecule has 32 heavy (non-hydrogen) atoms. The fourth-order valence-electron chi connectivity index (χ4n) is 5.01. The Morgan fingerprint density at radius 1 is 1.03 bits per heavy atom. The van der Waals surface area contributed by atoms with Crippen molar-refractivity contribution in [1.29, 1.82) is 0 Å². The van der Waals surface area contributed by atoms with E-state index in [0.29, 0.717) is 32.7 Å². The molecule has 3 rings (SSSR count). The van der Waals surface area contributed by atoms with Crippen LogP contribution in [0.5, 0.6) is 0 Å². The van der Waals surface area contributed by atoms with Crippen LogP contribution < -0.4 is 5.32 Å². The summed E-state index contributed by atoms with van der Waals surface area (Å²) in [6, 6.07) is 5.89. The van der Waals surface area contributed by atoms with E-state index in [2.05, 4.69) is 42.8 Å². The second-order valence-electron chi connectivity index (χ2n) is 9.82. The summed E-state index contributed by atoms with van der Waals surface area (Å²) in [6.45, 7) is 17.1. The molecule has 7 heteroatoms. The van der Waals surface area contributed by atoms with Gasteiger partial charge in [-0.2, -0.15) is 0 Å². The van der Waals surface area contributed by atoms with Crippen LogP contribution >= 0.6 is 0 Å². The second-order valence-corrected chi connectivity index (χ2v) is 9.82. The maximum atomic E-state index is 13.4. The topological polar surface area (TPSA) is 65.1 Å². The number of rotatable bonds is 6. The van der Waals surface area contributed by atoms with E-state index in [1.54, 1.807) is 0 Å². The van der Waals surface area contributed by atoms with Gasteiger partial charge in [-0.1, -0.05) is 32.0 Å². The maximum Gasteiger partial charge on any atom is 0.240 e. The summed E-state index contributed by atoms with van der Waals surface area (Å²) in [7, 11) is 0. The molecule has 0 bridgehead atoms. The van der Waals surface area contributed by atoms with Crippen molar-refractivity contribution >= 4 is 17.5 Å². The zero-order valence-corrected chi connectivity index (χ0v) is 20.6. The number of amides is 2. The molecule has 2 fully saturated rings. The van der Waals surface area contributed by atoms with E-state index in [0.717, 1.165) is 29.9 Å². The lowest BCUT2D eigenvalue weighted by Gasteiger charge is -2.44. The number of benzene rings is 1. The number of carbonyl (C=O) groups excluding carboxylic acids is 2. The van der Waals surface area contributed by atoms with Gasteiger partial charge in [0.2, 0.25) is 11.8 Å². The van der Waals surface area contributed by atoms with Crippen LogP contribution in [0, 0.1) is 19.8 Å². The third kappa shape index (κ3) is 6.09. The second kappa shape index (κ2) is 10.8. The molecular weight excluding hydrogens is 404 g/mol. The van der Waals surface area contributed by atoms with Crippen molar-refractivity contribution in [2.24, 2.45) is 5.92 Å². The van der Waals surface area contributed by atoms with Crippen molar-refractivity contribution in [1.82, 2.24) is 14.7 Å². The standard InChI is InChI=1S/C25H40N4O3/c1-17(2)24(29-14-20(5)32-21(6)15-29)25(31)28-12-10-27(11-13-28)16-22(30)26-23-18(3)8-7-9-19(23)4/h7-9,17,20-21,24H,10-16H2,1-6H3,(H,26,30)/t20-,21+,24-/m0/s1. The fraction of sp³-hybridized carbons (Fsp3) is 0.680. The first-order valence-corrected chi connectivity index (χ1v) is 11.9. The molecule has 0 aromatic heterocycles. The number of para-hydroxylation sites is 1. The number of ether oxygens (including phenoxy) is 1. The number of nitrogens with one attached hydrogen (secondary N) is 1. The molecule has 178 valence electrons. The Balaban J connectivity index is 1.53. The van der Waals surface area contributed by atoms with E-state index in [-0.39, 0.29) is 36.0 Å². The highest BCUT2D eigenvalue weighted by molar-refractivity contribution is 5.93. The quantitative estimate of drug-likeness (QED) is 0.731. The molecular formula is C25H40N4O3. The molecule has 2 aliphatic heterocycles. The van der Waals surface area contributed by atoms with Crippen LogP contribution in [0.25, 0.3) is 0 Å². The minimum absolute atomic E-state index is 0.00137. The molecule has 2 amide bonds. The fourth-order valence-corrected chi connectivity index (χ4v) is 5.01. The van der Waals surface area contributed by atoms with E-state index in [1.165, 1.54) is 0 Å². The van der Waals surface area contributed by atoms with Crippen molar-refractivity contribution in [3.8, 4) is 0 Å². The molecule has 2 heterocycles. The summed E-state index contributed by atoms with van der Waals surface area (Å²) in [5, 5.41) is 3.06. The van der Waals surface area contributed by atoms with E-state index < -0.39 is 0 Å². The summed E-state index contributed by atoms with van der Waals surface area (Å²) >= 11 is 0. The molecule has 0 spiro atoms. The smallest absolute Gasteiger partial charge is 0.240 e. The largest absolute Gasteiger partial charge is 0.373 e. The predicted octanol–water partition coefficient (Wildman–Crippen LogP) is 2.52. The highest BCUT2D eigenvalue weighted by Gasteiger charge is 2.37. The number of aryl methyl sites for hydroxylation is 2. The summed E-state index contributed by atoms with van der Waals surface area (Å²) in [4.78, 5) is 32.5. The van der Waals surface area contributed by atoms with Crippen molar-refractivity contribution in [3.63, 3.8) is 0 Å². The lowest BCUT2D eigenvalue weighted by molar-refractivity contribution is -0.147. The van der Waals surface area contributed by atoms with Gasteiger partial charge in [-0.15, -0.1) is 0 Å². The molecule has 1 aromatic carbocycles. The number of hydrogen-bond acceptors (Lipinski definition) is 5. The molecule has 0 aliphatic carbocycles. The predicted molar refractivity (Wildman–Crippen MR) is 128 cm³/mol. The van der Waals surface area contributed by atoms with Crippen molar-refractivity contribution in [2.45, 2.75) is 59.8 Å². The molecule has 0 saturated carbocycles. The van der Waals surface area contributed by atoms with Gasteiger partial charge in [0.1, 0.15) is 0 Å². The highest BCUT2D eigenvalue weighted by Crippen LogP contribution is 2.22. The van der Waals surface area contributed by atoms with E-state index >= 15 is 0 Å². The van der Waals surface area contributed by atoms with Gasteiger partial charge in [0.05, 0.1) is 24.8 Å². The normalized spacial score (nSPS) is 23.9. The first kappa shape index (κ1) is 24.7. The summed E-state index contributed by atoms with van der Waals surface area (Å²) in [5.74, 6) is 0.445. The molecule has 7 nitrogen and oxygen atoms in total. The zero-order valence-electron chi connectivity index (χ0n) is 20.6. The minimum Gasteiger partial charge on any atom is -0.373 e. The molecule has 0 unspecified atom stereocenters. The maximum absolute atomic E-state index is 13.4. The SMILES string of the molecule is Cc1cccc(C)c1NC(=O)CN1CCN(C(=O)[C@H](C(C)C)N2C[C@@H](C)O[C@@H](C)C2)CC1. The van der Waals surface area contributed by atoms with Crippen LogP contribution in [-0.2, 0) is 14.3 Å². The van der Waals surface area contributed by atoms with Crippen LogP contribution in [0.4, 0.5) is 5.69 Å². The van der Waals surface area contributed by atoms with Gasteiger partial charge in [-0.05, 0) is 44.7 Å². The van der Waals surface area contributed by atoms with Crippen LogP contribution in [0.15, 0.2) is 18.2 Å². The Morgan fingerprint density at radius 3 is 2.12 bits per heavy atom. The Bertz CT molecular complexity index is 774. The van der Waals surface area contributed by atoms with E-state index in [9.17, 15) is 9.59 Å². The highest BCUT2D eigenvalue weighted by atomic mass is 16.5. The van der Waals surface area contributed by atoms with Gasteiger partial charge in [0, 0.05) is 45.0 Å². The lowest BCUT2D eigenvalue weighted by atomic mass is 9.98. The third-order valence-electron chi connectivity index (χ3n) is 6.52. The van der Waals surface area contributed by atoms with Crippen molar-refractivity contribution in [2.75, 3.05) is 51.1 Å². The molecule has 0 radical (unpaired) electrons. The van der Waals surface area contributed by atoms with Gasteiger partial charge in [-0.3, -0.25) is 19.4 Å². The first-order valence-electron chi connectivity index (χ1n) is 11.9. The van der Waals surface area contributed by atoms with E-state index in [1.807, 2.05) is 36.9 Å². The van der Waals surface area contributed by atoms with Crippen LogP contribution in [-0.4, -0.2) is 90.6 Å². The Labute approximate surface area is 193 Å². The first-order chi connectivity index (χ1) is 15.2. The van der Waals surface area contributed by atoms with Crippen LogP contribution in [0.1, 0.15) is 38.8 Å². The van der Waals surface area contributed by atoms with Crippen molar-refractivity contribution in [3.05, 3.63) is 29.3 Å². The number of morpholine rings is 1. The monoisotopic (exact) mass is 444 g/mol. The van der Waals surface area contributed by atoms with Gasteiger partial charge < -0.3 is 15.0 Å². The molecule has 1 aromatic rings. The minimum atomic E-state index is -0.123. The number of piperazine rings is 1. The average molecular weight is 445 g/mol.